The van der Waals surface area contributed by atoms with Gasteiger partial charge in [-0.25, -0.2) is 22.4 Å². The van der Waals surface area contributed by atoms with E-state index in [0.29, 0.717) is 65.1 Å². The zero-order chi connectivity index (χ0) is 46.3. The maximum absolute atomic E-state index is 13.7. The van der Waals surface area contributed by atoms with Crippen LogP contribution in [0.4, 0.5) is 11.4 Å². The first kappa shape index (κ1) is 46.2. The number of nitro groups is 1. The Kier molecular flexibility index (Phi) is 14.5. The van der Waals surface area contributed by atoms with Crippen LogP contribution in [0.25, 0.3) is 27.5 Å². The van der Waals surface area contributed by atoms with Crippen LogP contribution in [0, 0.1) is 24.0 Å². The number of aromatic carboxylic acids is 1. The van der Waals surface area contributed by atoms with Gasteiger partial charge in [-0.2, -0.15) is 5.10 Å². The number of carbonyl (C=O) groups is 2. The first-order chi connectivity index (χ1) is 31.2. The van der Waals surface area contributed by atoms with Crippen molar-refractivity contribution in [3.63, 3.8) is 0 Å². The molecule has 0 saturated carbocycles. The predicted molar refractivity (Wildman–Crippen MR) is 255 cm³/mol. The molecule has 7 rings (SSSR count). The molecule has 14 nitrogen and oxygen atoms in total. The number of pyridine rings is 1. The summed E-state index contributed by atoms with van der Waals surface area (Å²) in [5.41, 5.74) is 3.33. The molecule has 0 aliphatic rings. The van der Waals surface area contributed by atoms with Crippen LogP contribution >= 0.6 is 11.8 Å². The number of benzene rings is 5. The summed E-state index contributed by atoms with van der Waals surface area (Å²) in [5, 5.41) is 32.4. The number of fused-ring (bicyclic) bond motifs is 2. The van der Waals surface area contributed by atoms with Gasteiger partial charge in [0.25, 0.3) is 21.6 Å². The van der Waals surface area contributed by atoms with Crippen LogP contribution in [-0.4, -0.2) is 83.4 Å². The standard InChI is InChI=1S/C49H50N6O8S2/c1-5-53(4)26-25-36(31-64-37-16-7-6-8-17-37)50-41-24-23-38(30-44(41)55(59)60)65(61,62)52-48(56)35-28-32(2)46(33(3)29-35)43-21-12-20-42-40(47(49(57)58)51-54(42)43)19-13-27-63-45-22-11-15-34-14-9-10-18-39(34)45/h6-12,14-18,20-24,28-30,36,50H,5,13,19,25-27,31H2,1-4H3,(H,52,56)(H,57,58)/t36-/m1/s1. The van der Waals surface area contributed by atoms with E-state index in [1.807, 2.05) is 98.9 Å². The Morgan fingerprint density at radius 1 is 0.938 bits per heavy atom. The molecule has 16 heteroatoms. The van der Waals surface area contributed by atoms with E-state index in [0.717, 1.165) is 40.6 Å². The summed E-state index contributed by atoms with van der Waals surface area (Å²) in [6.45, 7) is 7.51. The molecule has 65 heavy (non-hydrogen) atoms. The second-order valence-corrected chi connectivity index (χ2v) is 18.6. The van der Waals surface area contributed by atoms with Gasteiger partial charge < -0.3 is 20.1 Å². The summed E-state index contributed by atoms with van der Waals surface area (Å²) in [6, 6.07) is 35.5. The van der Waals surface area contributed by atoms with E-state index < -0.39 is 37.4 Å². The van der Waals surface area contributed by atoms with Crippen molar-refractivity contribution in [1.82, 2.24) is 19.2 Å². The Morgan fingerprint density at radius 3 is 2.37 bits per heavy atom. The van der Waals surface area contributed by atoms with E-state index in [1.54, 1.807) is 36.2 Å². The summed E-state index contributed by atoms with van der Waals surface area (Å²) in [5.74, 6) is -0.735. The summed E-state index contributed by atoms with van der Waals surface area (Å²) in [7, 11) is -2.57. The van der Waals surface area contributed by atoms with Gasteiger partial charge in [0, 0.05) is 44.8 Å². The van der Waals surface area contributed by atoms with Gasteiger partial charge in [-0.05, 0) is 124 Å². The molecular weight excluding hydrogens is 865 g/mol. The Hall–Kier alpha value is -6.75. The van der Waals surface area contributed by atoms with Crippen LogP contribution in [0.3, 0.4) is 0 Å². The van der Waals surface area contributed by atoms with E-state index in [4.69, 9.17) is 4.74 Å². The summed E-state index contributed by atoms with van der Waals surface area (Å²) < 4.78 is 37.1. The first-order valence-electron chi connectivity index (χ1n) is 21.2. The quantitative estimate of drug-likeness (QED) is 0.0285. The van der Waals surface area contributed by atoms with Gasteiger partial charge in [0.1, 0.15) is 11.4 Å². The van der Waals surface area contributed by atoms with Gasteiger partial charge in [-0.15, -0.1) is 11.8 Å². The molecule has 0 unspecified atom stereocenters. The van der Waals surface area contributed by atoms with Crippen molar-refractivity contribution in [1.29, 1.82) is 0 Å². The van der Waals surface area contributed by atoms with Gasteiger partial charge in [-0.3, -0.25) is 14.9 Å². The average molecular weight is 915 g/mol. The lowest BCUT2D eigenvalue weighted by atomic mass is 9.96. The third-order valence-corrected chi connectivity index (χ3v) is 13.8. The molecule has 1 atom stereocenters. The number of nitrogens with one attached hydrogen (secondary N) is 2. The van der Waals surface area contributed by atoms with Gasteiger partial charge in [0.2, 0.25) is 0 Å². The Bertz CT molecular complexity index is 2970. The normalized spacial score (nSPS) is 12.1. The lowest BCUT2D eigenvalue weighted by Crippen LogP contribution is -2.31. The summed E-state index contributed by atoms with van der Waals surface area (Å²) in [6.07, 6.45) is 1.60. The lowest BCUT2D eigenvalue weighted by Gasteiger charge is -2.23. The molecule has 0 bridgehead atoms. The molecule has 2 heterocycles. The van der Waals surface area contributed by atoms with E-state index >= 15 is 0 Å². The fourth-order valence-electron chi connectivity index (χ4n) is 7.83. The number of nitrogens with zero attached hydrogens (tertiary/aromatic N) is 4. The number of rotatable bonds is 20. The average Bonchev–Trinajstić information content (AvgIpc) is 3.68. The van der Waals surface area contributed by atoms with E-state index in [1.165, 1.54) is 24.3 Å². The van der Waals surface area contributed by atoms with Crippen LogP contribution in [-0.2, 0) is 16.4 Å². The number of hydrogen-bond acceptors (Lipinski definition) is 11. The van der Waals surface area contributed by atoms with E-state index in [2.05, 4.69) is 20.0 Å². The Labute approximate surface area is 381 Å². The van der Waals surface area contributed by atoms with Crippen molar-refractivity contribution < 1.29 is 32.8 Å². The lowest BCUT2D eigenvalue weighted by molar-refractivity contribution is -0.384. The van der Waals surface area contributed by atoms with Gasteiger partial charge >= 0.3 is 5.97 Å². The van der Waals surface area contributed by atoms with Crippen LogP contribution in [0.2, 0.25) is 0 Å². The molecule has 0 saturated heterocycles. The first-order valence-corrected chi connectivity index (χ1v) is 23.7. The highest BCUT2D eigenvalue weighted by atomic mass is 32.2. The second-order valence-electron chi connectivity index (χ2n) is 15.8. The molecule has 2 aromatic heterocycles. The van der Waals surface area contributed by atoms with Crippen molar-refractivity contribution in [3.05, 3.63) is 159 Å². The zero-order valence-corrected chi connectivity index (χ0v) is 38.1. The molecule has 0 aliphatic carbocycles. The van der Waals surface area contributed by atoms with Crippen molar-refractivity contribution in [3.8, 4) is 17.0 Å². The number of ether oxygens (including phenoxy) is 1. The van der Waals surface area contributed by atoms with Crippen LogP contribution < -0.4 is 14.8 Å². The fraction of sp³-hybridized carbons (Fsp3) is 0.245. The SMILES string of the molecule is CCN(C)CC[C@H](CSc1ccccc1)Nc1ccc(S(=O)(=O)NC(=O)c2cc(C)c(-c3cccc4c(CCCOc5cccc6ccccc56)c(C(=O)O)nn34)c(C)c2)cc1[N+](=O)[O-]. The van der Waals surface area contributed by atoms with Crippen molar-refractivity contribution >= 4 is 61.3 Å². The highest BCUT2D eigenvalue weighted by Gasteiger charge is 2.27. The topological polar surface area (TPSA) is 185 Å². The number of carbonyl (C=O) groups excluding carboxylic acids is 1. The minimum absolute atomic E-state index is 0.0432. The third-order valence-electron chi connectivity index (χ3n) is 11.2. The number of aromatic nitrogens is 2. The number of amides is 1. The molecule has 0 radical (unpaired) electrons. The predicted octanol–water partition coefficient (Wildman–Crippen LogP) is 9.42. The summed E-state index contributed by atoms with van der Waals surface area (Å²) in [4.78, 5) is 40.6. The maximum Gasteiger partial charge on any atom is 0.356 e. The van der Waals surface area contributed by atoms with E-state index in [9.17, 15) is 33.2 Å². The second kappa shape index (κ2) is 20.4. The molecule has 336 valence electrons. The minimum atomic E-state index is -4.56. The highest BCUT2D eigenvalue weighted by molar-refractivity contribution is 7.99. The highest BCUT2D eigenvalue weighted by Crippen LogP contribution is 2.33. The summed E-state index contributed by atoms with van der Waals surface area (Å²) >= 11 is 1.62. The van der Waals surface area contributed by atoms with Gasteiger partial charge in [-0.1, -0.05) is 67.6 Å². The number of anilines is 1. The van der Waals surface area contributed by atoms with Crippen LogP contribution in [0.1, 0.15) is 57.3 Å². The molecule has 0 aliphatic heterocycles. The van der Waals surface area contributed by atoms with Crippen LogP contribution in [0.5, 0.6) is 5.75 Å². The minimum Gasteiger partial charge on any atom is -0.493 e. The number of nitro benzene ring substituents is 1. The largest absolute Gasteiger partial charge is 0.493 e. The molecule has 5 aromatic carbocycles. The Morgan fingerprint density at radius 2 is 1.65 bits per heavy atom. The van der Waals surface area contributed by atoms with Gasteiger partial charge in [0.05, 0.1) is 27.6 Å². The fourth-order valence-corrected chi connectivity index (χ4v) is 9.82. The maximum atomic E-state index is 13.7. The zero-order valence-electron chi connectivity index (χ0n) is 36.5. The molecule has 3 N–H and O–H groups in total. The number of carboxylic acids is 1. The molecule has 7 aromatic rings. The number of aryl methyl sites for hydroxylation is 3. The van der Waals surface area contributed by atoms with Crippen LogP contribution in [0.15, 0.2) is 131 Å². The number of thioether (sulfide) groups is 1. The number of carboxylic acid groups (broad SMARTS) is 1. The molecular formula is C49H50N6O8S2. The monoisotopic (exact) mass is 914 g/mol. The number of sulfonamides is 1. The third kappa shape index (κ3) is 10.8. The Balaban J connectivity index is 1.08. The van der Waals surface area contributed by atoms with Crippen molar-refractivity contribution in [2.75, 3.05) is 37.8 Å². The number of hydrogen-bond donors (Lipinski definition) is 3. The van der Waals surface area contributed by atoms with Gasteiger partial charge in [0.15, 0.2) is 5.69 Å². The van der Waals surface area contributed by atoms with Crippen molar-refractivity contribution in [2.45, 2.75) is 55.9 Å². The molecule has 1 amide bonds. The smallest absolute Gasteiger partial charge is 0.356 e. The molecule has 0 fully saturated rings. The van der Waals surface area contributed by atoms with Crippen molar-refractivity contribution in [2.24, 2.45) is 0 Å². The molecule has 0 spiro atoms. The van der Waals surface area contributed by atoms with E-state index in [-0.39, 0.29) is 23.0 Å².